The van der Waals surface area contributed by atoms with Crippen molar-refractivity contribution in [1.29, 1.82) is 0 Å². The summed E-state index contributed by atoms with van der Waals surface area (Å²) >= 11 is 0. The van der Waals surface area contributed by atoms with Crippen molar-refractivity contribution in [2.75, 3.05) is 13.2 Å². The highest BCUT2D eigenvalue weighted by Crippen LogP contribution is 2.16. The summed E-state index contributed by atoms with van der Waals surface area (Å²) in [6.45, 7) is 4.89. The molecule has 2 unspecified atom stereocenters. The summed E-state index contributed by atoms with van der Waals surface area (Å²) < 4.78 is 5.48. The maximum atomic E-state index is 12.4. The van der Waals surface area contributed by atoms with Crippen LogP contribution in [0.1, 0.15) is 309 Å². The zero-order valence-corrected chi connectivity index (χ0v) is 43.0. The Bertz CT molecular complexity index is 997. The van der Waals surface area contributed by atoms with Crippen LogP contribution in [0.2, 0.25) is 0 Å². The molecule has 0 fully saturated rings. The molecule has 0 saturated carbocycles. The van der Waals surface area contributed by atoms with Gasteiger partial charge < -0.3 is 20.3 Å². The fraction of sp³-hybridized carbons (Fsp3) is 0.897. The van der Waals surface area contributed by atoms with Gasteiger partial charge in [0.05, 0.1) is 25.4 Å². The van der Waals surface area contributed by atoms with Gasteiger partial charge in [0.1, 0.15) is 0 Å². The van der Waals surface area contributed by atoms with Gasteiger partial charge in [-0.05, 0) is 57.8 Å². The summed E-state index contributed by atoms with van der Waals surface area (Å²) in [5.41, 5.74) is 0. The van der Waals surface area contributed by atoms with Gasteiger partial charge in [0.25, 0.3) is 0 Å². The number of unbranched alkanes of at least 4 members (excludes halogenated alkanes) is 40. The fourth-order valence-electron chi connectivity index (χ4n) is 8.81. The first-order valence-electron chi connectivity index (χ1n) is 28.6. The Kier molecular flexibility index (Phi) is 52.6. The van der Waals surface area contributed by atoms with Crippen LogP contribution >= 0.6 is 0 Å². The number of aliphatic hydroxyl groups excluding tert-OH is 2. The molecule has 0 aliphatic carbocycles. The Balaban J connectivity index is 3.41. The smallest absolute Gasteiger partial charge is 0.305 e. The lowest BCUT2D eigenvalue weighted by atomic mass is 10.0. The summed E-state index contributed by atoms with van der Waals surface area (Å²) in [5, 5.41) is 23.0. The second kappa shape index (κ2) is 54.0. The van der Waals surface area contributed by atoms with Crippen molar-refractivity contribution < 1.29 is 24.5 Å². The van der Waals surface area contributed by atoms with Gasteiger partial charge in [-0.15, -0.1) is 0 Å². The van der Waals surface area contributed by atoms with E-state index in [1.807, 2.05) is 6.08 Å². The number of hydrogen-bond donors (Lipinski definition) is 3. The zero-order chi connectivity index (χ0) is 46.5. The molecule has 6 nitrogen and oxygen atoms in total. The van der Waals surface area contributed by atoms with Gasteiger partial charge in [-0.3, -0.25) is 9.59 Å². The predicted molar refractivity (Wildman–Crippen MR) is 278 cm³/mol. The van der Waals surface area contributed by atoms with Crippen LogP contribution in [-0.4, -0.2) is 47.4 Å². The second-order valence-corrected chi connectivity index (χ2v) is 19.6. The van der Waals surface area contributed by atoms with Gasteiger partial charge in [-0.1, -0.05) is 263 Å². The van der Waals surface area contributed by atoms with E-state index in [1.54, 1.807) is 6.08 Å². The first-order chi connectivity index (χ1) is 31.5. The third-order valence-corrected chi connectivity index (χ3v) is 13.2. The van der Waals surface area contributed by atoms with Gasteiger partial charge in [0.15, 0.2) is 0 Å². The third-order valence-electron chi connectivity index (χ3n) is 13.2. The zero-order valence-electron chi connectivity index (χ0n) is 43.0. The quantitative estimate of drug-likeness (QED) is 0.0321. The van der Waals surface area contributed by atoms with Crippen molar-refractivity contribution in [3.05, 3.63) is 24.3 Å². The molecule has 0 aromatic carbocycles. The Morgan fingerprint density at radius 1 is 0.422 bits per heavy atom. The highest BCUT2D eigenvalue weighted by molar-refractivity contribution is 5.76. The van der Waals surface area contributed by atoms with Crippen LogP contribution in [-0.2, 0) is 14.3 Å². The molecule has 0 radical (unpaired) electrons. The number of esters is 1. The molecule has 0 rings (SSSR count). The van der Waals surface area contributed by atoms with E-state index in [9.17, 15) is 19.8 Å². The Morgan fingerprint density at radius 3 is 1.11 bits per heavy atom. The molecule has 0 bridgehead atoms. The van der Waals surface area contributed by atoms with Gasteiger partial charge in [-0.2, -0.15) is 0 Å². The first-order valence-corrected chi connectivity index (χ1v) is 28.6. The van der Waals surface area contributed by atoms with Crippen LogP contribution in [0, 0.1) is 0 Å². The molecule has 0 aliphatic rings. The minimum Gasteiger partial charge on any atom is -0.466 e. The maximum absolute atomic E-state index is 12.4. The minimum absolute atomic E-state index is 0.0115. The van der Waals surface area contributed by atoms with Crippen LogP contribution in [0.4, 0.5) is 0 Å². The number of carbonyl (C=O) groups is 2. The number of allylic oxidation sites excluding steroid dienone is 3. The van der Waals surface area contributed by atoms with E-state index in [-0.39, 0.29) is 18.5 Å². The standard InChI is InChI=1S/C58H111NO5/c1-3-5-7-9-11-13-15-16-28-32-36-40-44-48-52-58(63)64-53-49-45-41-37-33-29-26-24-22-20-18-17-19-21-23-25-27-31-35-39-43-47-51-57(62)59-55(54-60)56(61)50-46-42-38-34-30-14-12-10-8-6-4-2/h19,21,46,50,55-56,60-61H,3-18,20,22-45,47-49,51-54H2,1-2H3,(H,59,62)/b21-19-,50-46+. The Morgan fingerprint density at radius 2 is 0.734 bits per heavy atom. The molecule has 64 heavy (non-hydrogen) atoms. The minimum atomic E-state index is -0.847. The van der Waals surface area contributed by atoms with E-state index >= 15 is 0 Å². The molecule has 378 valence electrons. The molecule has 0 aromatic heterocycles. The number of hydrogen-bond acceptors (Lipinski definition) is 5. The second-order valence-electron chi connectivity index (χ2n) is 19.6. The maximum Gasteiger partial charge on any atom is 0.305 e. The summed E-state index contributed by atoms with van der Waals surface area (Å²) in [4.78, 5) is 24.4. The largest absolute Gasteiger partial charge is 0.466 e. The molecule has 2 atom stereocenters. The molecular formula is C58H111NO5. The lowest BCUT2D eigenvalue weighted by Crippen LogP contribution is -2.45. The SMILES string of the molecule is CCCCCCCCCCC/C=C/C(O)C(CO)NC(=O)CCCCCCCCC/C=C\CCCCCCCCCCCCCOC(=O)CCCCCCCCCCCCCCCC. The van der Waals surface area contributed by atoms with Crippen molar-refractivity contribution in [2.45, 2.75) is 321 Å². The average molecular weight is 903 g/mol. The number of rotatable bonds is 53. The monoisotopic (exact) mass is 902 g/mol. The number of nitrogens with one attached hydrogen (secondary N) is 1. The van der Waals surface area contributed by atoms with Crippen molar-refractivity contribution in [2.24, 2.45) is 0 Å². The molecule has 6 heteroatoms. The van der Waals surface area contributed by atoms with E-state index in [2.05, 4.69) is 31.3 Å². The van der Waals surface area contributed by atoms with Gasteiger partial charge in [0.2, 0.25) is 5.91 Å². The molecule has 0 heterocycles. The molecule has 1 amide bonds. The van der Waals surface area contributed by atoms with Gasteiger partial charge in [-0.25, -0.2) is 0 Å². The molecule has 0 aliphatic heterocycles. The Labute approximate surface area is 399 Å². The summed E-state index contributed by atoms with van der Waals surface area (Å²) in [5.74, 6) is -0.0643. The van der Waals surface area contributed by atoms with Gasteiger partial charge in [0, 0.05) is 12.8 Å². The molecule has 0 saturated heterocycles. The van der Waals surface area contributed by atoms with Crippen LogP contribution < -0.4 is 5.32 Å². The van der Waals surface area contributed by atoms with Gasteiger partial charge >= 0.3 is 5.97 Å². The van der Waals surface area contributed by atoms with Crippen LogP contribution in [0.15, 0.2) is 24.3 Å². The van der Waals surface area contributed by atoms with Crippen molar-refractivity contribution in [3.63, 3.8) is 0 Å². The molecule has 3 N–H and O–H groups in total. The topological polar surface area (TPSA) is 95.9 Å². The predicted octanol–water partition coefficient (Wildman–Crippen LogP) is 17.5. The van der Waals surface area contributed by atoms with Crippen LogP contribution in [0.3, 0.4) is 0 Å². The van der Waals surface area contributed by atoms with Crippen molar-refractivity contribution in [1.82, 2.24) is 5.32 Å². The van der Waals surface area contributed by atoms with E-state index in [4.69, 9.17) is 4.74 Å². The number of carbonyl (C=O) groups excluding carboxylic acids is 2. The highest BCUT2D eigenvalue weighted by atomic mass is 16.5. The lowest BCUT2D eigenvalue weighted by molar-refractivity contribution is -0.143. The molecular weight excluding hydrogens is 791 g/mol. The number of amides is 1. The molecule has 0 spiro atoms. The van der Waals surface area contributed by atoms with Crippen LogP contribution in [0.25, 0.3) is 0 Å². The van der Waals surface area contributed by atoms with E-state index in [0.717, 1.165) is 44.9 Å². The Hall–Kier alpha value is -1.66. The number of ether oxygens (including phenoxy) is 1. The molecule has 0 aromatic rings. The summed E-state index contributed by atoms with van der Waals surface area (Å²) in [6, 6.07) is -0.631. The fourth-order valence-corrected chi connectivity index (χ4v) is 8.81. The first kappa shape index (κ1) is 62.3. The normalized spacial score (nSPS) is 12.8. The lowest BCUT2D eigenvalue weighted by Gasteiger charge is -2.20. The highest BCUT2D eigenvalue weighted by Gasteiger charge is 2.18. The summed E-state index contributed by atoms with van der Waals surface area (Å²) in [7, 11) is 0. The summed E-state index contributed by atoms with van der Waals surface area (Å²) in [6.07, 6.45) is 64.9. The van der Waals surface area contributed by atoms with E-state index in [1.165, 1.54) is 238 Å². The number of aliphatic hydroxyl groups is 2. The van der Waals surface area contributed by atoms with E-state index in [0.29, 0.717) is 19.4 Å². The third kappa shape index (κ3) is 49.8. The van der Waals surface area contributed by atoms with Crippen LogP contribution in [0.5, 0.6) is 0 Å². The van der Waals surface area contributed by atoms with Crippen molar-refractivity contribution >= 4 is 11.9 Å². The average Bonchev–Trinajstić information content (AvgIpc) is 3.29. The van der Waals surface area contributed by atoms with E-state index < -0.39 is 12.1 Å². The van der Waals surface area contributed by atoms with Crippen molar-refractivity contribution in [3.8, 4) is 0 Å².